The number of carbonyl (C=O) groups is 1. The van der Waals surface area contributed by atoms with Gasteiger partial charge >= 0.3 is 5.97 Å². The Bertz CT molecular complexity index is 362. The summed E-state index contributed by atoms with van der Waals surface area (Å²) in [4.78, 5) is 10.3. The maximum Gasteiger partial charge on any atom is 0.303 e. The molecule has 1 rings (SSSR count). The van der Waals surface area contributed by atoms with E-state index in [0.717, 1.165) is 0 Å². The SMILES string of the molecule is O=C(O)CCc1cc(Br)cc(O)c1O. The monoisotopic (exact) mass is 260 g/mol. The van der Waals surface area contributed by atoms with Gasteiger partial charge in [0.05, 0.1) is 0 Å². The first kappa shape index (κ1) is 10.8. The van der Waals surface area contributed by atoms with Crippen molar-refractivity contribution in [2.24, 2.45) is 0 Å². The molecule has 0 aliphatic heterocycles. The van der Waals surface area contributed by atoms with Gasteiger partial charge in [0.1, 0.15) is 0 Å². The predicted octanol–water partition coefficient (Wildman–Crippen LogP) is 1.88. The van der Waals surface area contributed by atoms with Crippen molar-refractivity contribution < 1.29 is 20.1 Å². The average Bonchev–Trinajstić information content (AvgIpc) is 2.08. The fourth-order valence-electron chi connectivity index (χ4n) is 1.07. The van der Waals surface area contributed by atoms with Gasteiger partial charge < -0.3 is 15.3 Å². The molecule has 1 aromatic carbocycles. The topological polar surface area (TPSA) is 77.8 Å². The highest BCUT2D eigenvalue weighted by atomic mass is 79.9. The van der Waals surface area contributed by atoms with Gasteiger partial charge in [-0.25, -0.2) is 0 Å². The van der Waals surface area contributed by atoms with E-state index in [1.807, 2.05) is 0 Å². The molecule has 4 nitrogen and oxygen atoms in total. The molecule has 0 aliphatic carbocycles. The van der Waals surface area contributed by atoms with Gasteiger partial charge in [0, 0.05) is 10.9 Å². The van der Waals surface area contributed by atoms with Gasteiger partial charge in [-0.15, -0.1) is 0 Å². The standard InChI is InChI=1S/C9H9BrO4/c10-6-3-5(1-2-8(12)13)9(14)7(11)4-6/h3-4,11,14H,1-2H2,(H,12,13). The Morgan fingerprint density at radius 1 is 1.36 bits per heavy atom. The first-order chi connectivity index (χ1) is 6.50. The van der Waals surface area contributed by atoms with Crippen LogP contribution in [-0.4, -0.2) is 21.3 Å². The van der Waals surface area contributed by atoms with Crippen molar-refractivity contribution in [3.63, 3.8) is 0 Å². The van der Waals surface area contributed by atoms with E-state index in [0.29, 0.717) is 10.0 Å². The van der Waals surface area contributed by atoms with Crippen LogP contribution in [0.1, 0.15) is 12.0 Å². The zero-order valence-electron chi connectivity index (χ0n) is 7.20. The largest absolute Gasteiger partial charge is 0.504 e. The van der Waals surface area contributed by atoms with Crippen molar-refractivity contribution in [1.29, 1.82) is 0 Å². The maximum atomic E-state index is 10.3. The molecule has 0 fully saturated rings. The summed E-state index contributed by atoms with van der Waals surface area (Å²) in [7, 11) is 0. The van der Waals surface area contributed by atoms with E-state index < -0.39 is 5.97 Å². The number of carboxylic acids is 1. The number of aryl methyl sites for hydroxylation is 1. The molecular formula is C9H9BrO4. The van der Waals surface area contributed by atoms with E-state index in [-0.39, 0.29) is 24.3 Å². The fourth-order valence-corrected chi connectivity index (χ4v) is 1.57. The normalized spacial score (nSPS) is 10.1. The quantitative estimate of drug-likeness (QED) is 0.726. The summed E-state index contributed by atoms with van der Waals surface area (Å²) in [6.07, 6.45) is 0.109. The maximum absolute atomic E-state index is 10.3. The van der Waals surface area contributed by atoms with Crippen molar-refractivity contribution in [3.05, 3.63) is 22.2 Å². The second-order valence-electron chi connectivity index (χ2n) is 2.83. The summed E-state index contributed by atoms with van der Waals surface area (Å²) in [5.74, 6) is -1.45. The van der Waals surface area contributed by atoms with Gasteiger partial charge in [-0.05, 0) is 24.1 Å². The zero-order chi connectivity index (χ0) is 10.7. The number of rotatable bonds is 3. The molecule has 0 amide bonds. The zero-order valence-corrected chi connectivity index (χ0v) is 8.78. The number of hydrogen-bond acceptors (Lipinski definition) is 3. The molecule has 0 aromatic heterocycles. The van der Waals surface area contributed by atoms with Crippen LogP contribution in [0.25, 0.3) is 0 Å². The third kappa shape index (κ3) is 2.63. The van der Waals surface area contributed by atoms with E-state index in [1.54, 1.807) is 6.07 Å². The van der Waals surface area contributed by atoms with Gasteiger partial charge in [-0.2, -0.15) is 0 Å². The number of aromatic hydroxyl groups is 2. The second kappa shape index (κ2) is 4.32. The summed E-state index contributed by atoms with van der Waals surface area (Å²) in [5.41, 5.74) is 0.416. The van der Waals surface area contributed by atoms with Gasteiger partial charge in [0.15, 0.2) is 11.5 Å². The van der Waals surface area contributed by atoms with Crippen LogP contribution in [0.3, 0.4) is 0 Å². The molecule has 0 heterocycles. The van der Waals surface area contributed by atoms with Gasteiger partial charge in [0.2, 0.25) is 0 Å². The Labute approximate surface area is 88.9 Å². The van der Waals surface area contributed by atoms with E-state index >= 15 is 0 Å². The lowest BCUT2D eigenvalue weighted by Crippen LogP contribution is -1.97. The van der Waals surface area contributed by atoms with Gasteiger partial charge in [-0.1, -0.05) is 15.9 Å². The lowest BCUT2D eigenvalue weighted by atomic mass is 10.1. The van der Waals surface area contributed by atoms with Crippen LogP contribution in [-0.2, 0) is 11.2 Å². The highest BCUT2D eigenvalue weighted by Gasteiger charge is 2.09. The van der Waals surface area contributed by atoms with Crippen molar-refractivity contribution in [1.82, 2.24) is 0 Å². The number of aliphatic carboxylic acids is 1. The average molecular weight is 261 g/mol. The molecule has 0 aliphatic rings. The number of hydrogen-bond donors (Lipinski definition) is 3. The molecular weight excluding hydrogens is 252 g/mol. The van der Waals surface area contributed by atoms with E-state index in [4.69, 9.17) is 5.11 Å². The molecule has 1 aromatic rings. The van der Waals surface area contributed by atoms with E-state index in [9.17, 15) is 15.0 Å². The Kier molecular flexibility index (Phi) is 3.35. The van der Waals surface area contributed by atoms with Crippen molar-refractivity contribution in [3.8, 4) is 11.5 Å². The van der Waals surface area contributed by atoms with Crippen molar-refractivity contribution in [2.45, 2.75) is 12.8 Å². The molecule has 0 atom stereocenters. The first-order valence-electron chi connectivity index (χ1n) is 3.93. The van der Waals surface area contributed by atoms with E-state index in [2.05, 4.69) is 15.9 Å². The summed E-state index contributed by atoms with van der Waals surface area (Å²) >= 11 is 3.14. The van der Waals surface area contributed by atoms with Gasteiger partial charge in [0.25, 0.3) is 0 Å². The Balaban J connectivity index is 2.90. The van der Waals surface area contributed by atoms with Crippen molar-refractivity contribution >= 4 is 21.9 Å². The Morgan fingerprint density at radius 2 is 2.00 bits per heavy atom. The van der Waals surface area contributed by atoms with Crippen LogP contribution in [0, 0.1) is 0 Å². The van der Waals surface area contributed by atoms with E-state index in [1.165, 1.54) is 6.07 Å². The van der Waals surface area contributed by atoms with Crippen LogP contribution >= 0.6 is 15.9 Å². The van der Waals surface area contributed by atoms with Crippen LogP contribution < -0.4 is 0 Å². The third-order valence-electron chi connectivity index (χ3n) is 1.74. The minimum Gasteiger partial charge on any atom is -0.504 e. The van der Waals surface area contributed by atoms with Crippen LogP contribution in [0.5, 0.6) is 11.5 Å². The summed E-state index contributed by atoms with van der Waals surface area (Å²) in [6.45, 7) is 0. The number of carboxylic acid groups (broad SMARTS) is 1. The molecule has 0 radical (unpaired) electrons. The lowest BCUT2D eigenvalue weighted by Gasteiger charge is -2.05. The Hall–Kier alpha value is -1.23. The second-order valence-corrected chi connectivity index (χ2v) is 3.74. The predicted molar refractivity (Wildman–Crippen MR) is 53.4 cm³/mol. The minimum atomic E-state index is -0.941. The Morgan fingerprint density at radius 3 is 2.57 bits per heavy atom. The number of halogens is 1. The lowest BCUT2D eigenvalue weighted by molar-refractivity contribution is -0.136. The molecule has 5 heteroatoms. The highest BCUT2D eigenvalue weighted by molar-refractivity contribution is 9.10. The van der Waals surface area contributed by atoms with Crippen molar-refractivity contribution in [2.75, 3.05) is 0 Å². The number of benzene rings is 1. The molecule has 0 saturated carbocycles. The van der Waals surface area contributed by atoms with Crippen LogP contribution in [0.2, 0.25) is 0 Å². The first-order valence-corrected chi connectivity index (χ1v) is 4.72. The summed E-state index contributed by atoms with van der Waals surface area (Å²) < 4.78 is 0.605. The molecule has 0 unspecified atom stereocenters. The smallest absolute Gasteiger partial charge is 0.303 e. The third-order valence-corrected chi connectivity index (χ3v) is 2.20. The molecule has 0 saturated heterocycles. The number of phenols is 2. The van der Waals surface area contributed by atoms with Gasteiger partial charge in [-0.3, -0.25) is 4.79 Å². The number of phenolic OH excluding ortho intramolecular Hbond substituents is 2. The summed E-state index contributed by atoms with van der Waals surface area (Å²) in [6, 6.07) is 2.93. The minimum absolute atomic E-state index is 0.0799. The fraction of sp³-hybridized carbons (Fsp3) is 0.222. The molecule has 14 heavy (non-hydrogen) atoms. The highest BCUT2D eigenvalue weighted by Crippen LogP contribution is 2.33. The molecule has 76 valence electrons. The molecule has 3 N–H and O–H groups in total. The summed E-state index contributed by atoms with van der Waals surface area (Å²) in [5, 5.41) is 27.0. The van der Waals surface area contributed by atoms with Crippen LogP contribution in [0.4, 0.5) is 0 Å². The molecule has 0 spiro atoms. The molecule has 0 bridgehead atoms. The van der Waals surface area contributed by atoms with Crippen LogP contribution in [0.15, 0.2) is 16.6 Å².